The molecule has 0 spiro atoms. The summed E-state index contributed by atoms with van der Waals surface area (Å²) in [6, 6.07) is 4.55. The number of Topliss-reactive ketones (excluding diaryl/α,β-unsaturated/α-hetero) is 1. The molecule has 156 valence electrons. The lowest BCUT2D eigenvalue weighted by atomic mass is 9.89. The highest BCUT2D eigenvalue weighted by Gasteiger charge is 2.32. The Morgan fingerprint density at radius 2 is 2.14 bits per heavy atom. The molecule has 1 saturated heterocycles. The Labute approximate surface area is 166 Å². The summed E-state index contributed by atoms with van der Waals surface area (Å²) in [6.45, 7) is 3.48. The first-order valence-electron chi connectivity index (χ1n) is 9.42. The van der Waals surface area contributed by atoms with E-state index in [4.69, 9.17) is 4.74 Å². The molecule has 6 nitrogen and oxygen atoms in total. The second-order valence-electron chi connectivity index (χ2n) is 7.01. The van der Waals surface area contributed by atoms with Gasteiger partial charge in [0.05, 0.1) is 18.4 Å². The fourth-order valence-corrected chi connectivity index (χ4v) is 3.55. The van der Waals surface area contributed by atoms with Gasteiger partial charge in [-0.25, -0.2) is 4.79 Å². The molecule has 0 amide bonds. The van der Waals surface area contributed by atoms with Gasteiger partial charge >= 0.3 is 12.1 Å². The largest absolute Gasteiger partial charge is 0.461 e. The Balaban J connectivity index is 1.69. The number of likely N-dealkylation sites (tertiary alicyclic amines) is 1. The summed E-state index contributed by atoms with van der Waals surface area (Å²) in [5, 5.41) is 6.53. The number of halogens is 3. The first kappa shape index (κ1) is 21.0. The predicted octanol–water partition coefficient (Wildman–Crippen LogP) is 3.70. The van der Waals surface area contributed by atoms with Crippen molar-refractivity contribution in [2.45, 2.75) is 32.5 Å². The summed E-state index contributed by atoms with van der Waals surface area (Å²) in [6.07, 6.45) is -1.59. The van der Waals surface area contributed by atoms with Crippen LogP contribution in [0, 0.1) is 5.92 Å². The number of piperidine rings is 1. The van der Waals surface area contributed by atoms with Crippen molar-refractivity contribution in [2.75, 3.05) is 19.7 Å². The minimum absolute atomic E-state index is 0.0715. The highest BCUT2D eigenvalue weighted by atomic mass is 19.4. The molecule has 1 aromatic carbocycles. The zero-order chi connectivity index (χ0) is 21.0. The van der Waals surface area contributed by atoms with Crippen molar-refractivity contribution in [1.29, 1.82) is 0 Å². The van der Waals surface area contributed by atoms with E-state index in [1.165, 1.54) is 12.1 Å². The molecule has 0 saturated carbocycles. The first-order chi connectivity index (χ1) is 13.8. The number of H-pyrrole nitrogens is 1. The molecule has 0 aliphatic carbocycles. The van der Waals surface area contributed by atoms with Crippen LogP contribution in [-0.4, -0.2) is 46.5 Å². The third-order valence-electron chi connectivity index (χ3n) is 4.94. The van der Waals surface area contributed by atoms with Crippen LogP contribution in [0.5, 0.6) is 0 Å². The highest BCUT2D eigenvalue weighted by Crippen LogP contribution is 2.31. The number of rotatable bonds is 6. The van der Waals surface area contributed by atoms with Crippen LogP contribution >= 0.6 is 0 Å². The SMILES string of the molecule is CCOC(=O)c1[nH]ncc1CN1CCC[C@H](C(=O)c2cccc(C(F)(F)F)c2)C1. The number of nitrogens with one attached hydrogen (secondary N) is 1. The summed E-state index contributed by atoms with van der Waals surface area (Å²) in [5.74, 6) is -1.18. The van der Waals surface area contributed by atoms with E-state index in [-0.39, 0.29) is 23.6 Å². The molecule has 0 radical (unpaired) electrons. The average molecular weight is 409 g/mol. The number of esters is 1. The Morgan fingerprint density at radius 3 is 2.86 bits per heavy atom. The molecule has 1 fully saturated rings. The molecule has 9 heteroatoms. The zero-order valence-corrected chi connectivity index (χ0v) is 16.0. The van der Waals surface area contributed by atoms with Crippen molar-refractivity contribution in [3.8, 4) is 0 Å². The lowest BCUT2D eigenvalue weighted by molar-refractivity contribution is -0.137. The normalized spacial score (nSPS) is 17.9. The van der Waals surface area contributed by atoms with Crippen LogP contribution in [0.4, 0.5) is 13.2 Å². The minimum atomic E-state index is -4.49. The number of ketones is 1. The lowest BCUT2D eigenvalue weighted by Crippen LogP contribution is -2.38. The average Bonchev–Trinajstić information content (AvgIpc) is 3.15. The van der Waals surface area contributed by atoms with Crippen molar-refractivity contribution in [1.82, 2.24) is 15.1 Å². The van der Waals surface area contributed by atoms with Crippen LogP contribution in [0.15, 0.2) is 30.5 Å². The zero-order valence-electron chi connectivity index (χ0n) is 16.0. The first-order valence-corrected chi connectivity index (χ1v) is 9.42. The number of nitrogens with zero attached hydrogens (tertiary/aromatic N) is 2. The van der Waals surface area contributed by atoms with E-state index in [0.29, 0.717) is 25.1 Å². The molecule has 1 atom stereocenters. The maximum absolute atomic E-state index is 12.9. The van der Waals surface area contributed by atoms with Crippen LogP contribution < -0.4 is 0 Å². The fourth-order valence-electron chi connectivity index (χ4n) is 3.55. The van der Waals surface area contributed by atoms with E-state index in [1.807, 2.05) is 4.90 Å². The Kier molecular flexibility index (Phi) is 6.36. The molecule has 2 heterocycles. The van der Waals surface area contributed by atoms with Gasteiger partial charge in [-0.3, -0.25) is 14.8 Å². The number of aromatic amines is 1. The van der Waals surface area contributed by atoms with E-state index in [9.17, 15) is 22.8 Å². The molecule has 0 bridgehead atoms. The second-order valence-corrected chi connectivity index (χ2v) is 7.01. The highest BCUT2D eigenvalue weighted by molar-refractivity contribution is 5.98. The third-order valence-corrected chi connectivity index (χ3v) is 4.94. The van der Waals surface area contributed by atoms with Crippen molar-refractivity contribution in [2.24, 2.45) is 5.92 Å². The maximum Gasteiger partial charge on any atom is 0.416 e. The molecule has 1 N–H and O–H groups in total. The van der Waals surface area contributed by atoms with Gasteiger partial charge in [0.2, 0.25) is 0 Å². The van der Waals surface area contributed by atoms with Gasteiger partial charge in [-0.05, 0) is 38.4 Å². The summed E-state index contributed by atoms with van der Waals surface area (Å²) in [5.41, 5.74) is 0.185. The van der Waals surface area contributed by atoms with Gasteiger partial charge < -0.3 is 4.74 Å². The monoisotopic (exact) mass is 409 g/mol. The number of aromatic nitrogens is 2. The van der Waals surface area contributed by atoms with E-state index >= 15 is 0 Å². The maximum atomic E-state index is 12.9. The van der Waals surface area contributed by atoms with E-state index in [1.54, 1.807) is 13.1 Å². The molecule has 1 aliphatic heterocycles. The van der Waals surface area contributed by atoms with Gasteiger partial charge in [0.1, 0.15) is 5.69 Å². The van der Waals surface area contributed by atoms with Crippen molar-refractivity contribution in [3.63, 3.8) is 0 Å². The molecular formula is C20H22F3N3O3. The van der Waals surface area contributed by atoms with Gasteiger partial charge in [0.15, 0.2) is 5.78 Å². The molecule has 2 aromatic rings. The topological polar surface area (TPSA) is 75.3 Å². The number of hydrogen-bond donors (Lipinski definition) is 1. The van der Waals surface area contributed by atoms with Gasteiger partial charge in [-0.1, -0.05) is 12.1 Å². The van der Waals surface area contributed by atoms with E-state index < -0.39 is 23.6 Å². The van der Waals surface area contributed by atoms with Crippen LogP contribution in [0.1, 0.15) is 51.7 Å². The third kappa shape index (κ3) is 5.03. The standard InChI is InChI=1S/C20H22F3N3O3/c1-2-29-19(28)17-15(10-24-25-17)12-26-8-4-6-14(11-26)18(27)13-5-3-7-16(9-13)20(21,22)23/h3,5,7,9-10,14H,2,4,6,8,11-12H2,1H3,(H,24,25)/t14-/m0/s1. The van der Waals surface area contributed by atoms with Crippen LogP contribution in [0.25, 0.3) is 0 Å². The van der Waals surface area contributed by atoms with Crippen LogP contribution in [-0.2, 0) is 17.5 Å². The van der Waals surface area contributed by atoms with E-state index in [0.717, 1.165) is 25.1 Å². The van der Waals surface area contributed by atoms with Crippen molar-refractivity contribution >= 4 is 11.8 Å². The summed E-state index contributed by atoms with van der Waals surface area (Å²) >= 11 is 0. The lowest BCUT2D eigenvalue weighted by Gasteiger charge is -2.32. The quantitative estimate of drug-likeness (QED) is 0.582. The Hall–Kier alpha value is -2.68. The second kappa shape index (κ2) is 8.77. The molecule has 0 unspecified atom stereocenters. The number of benzene rings is 1. The molecule has 1 aliphatic rings. The predicted molar refractivity (Wildman–Crippen MR) is 98.3 cm³/mol. The molecule has 29 heavy (non-hydrogen) atoms. The molecular weight excluding hydrogens is 387 g/mol. The van der Waals surface area contributed by atoms with Gasteiger partial charge in [-0.2, -0.15) is 18.3 Å². The van der Waals surface area contributed by atoms with Crippen LogP contribution in [0.3, 0.4) is 0 Å². The minimum Gasteiger partial charge on any atom is -0.461 e. The number of carbonyl (C=O) groups is 2. The number of hydrogen-bond acceptors (Lipinski definition) is 5. The molecule has 1 aromatic heterocycles. The van der Waals surface area contributed by atoms with E-state index in [2.05, 4.69) is 10.2 Å². The van der Waals surface area contributed by atoms with Crippen molar-refractivity contribution < 1.29 is 27.5 Å². The summed E-state index contributed by atoms with van der Waals surface area (Å²) in [7, 11) is 0. The summed E-state index contributed by atoms with van der Waals surface area (Å²) < 4.78 is 43.8. The summed E-state index contributed by atoms with van der Waals surface area (Å²) in [4.78, 5) is 26.8. The number of ether oxygens (including phenoxy) is 1. The number of alkyl halides is 3. The number of carbonyl (C=O) groups excluding carboxylic acids is 2. The van der Waals surface area contributed by atoms with Gasteiger partial charge in [0.25, 0.3) is 0 Å². The van der Waals surface area contributed by atoms with Crippen LogP contribution in [0.2, 0.25) is 0 Å². The Morgan fingerprint density at radius 1 is 1.34 bits per heavy atom. The molecule has 3 rings (SSSR count). The smallest absolute Gasteiger partial charge is 0.416 e. The van der Waals surface area contributed by atoms with Crippen molar-refractivity contribution in [3.05, 3.63) is 52.8 Å². The fraction of sp³-hybridized carbons (Fsp3) is 0.450. The van der Waals surface area contributed by atoms with Gasteiger partial charge in [0, 0.05) is 30.1 Å². The Bertz CT molecular complexity index is 879. The van der Waals surface area contributed by atoms with Gasteiger partial charge in [-0.15, -0.1) is 0 Å².